The summed E-state index contributed by atoms with van der Waals surface area (Å²) in [6, 6.07) is 14.0. The zero-order valence-electron chi connectivity index (χ0n) is 15.5. The number of hydrogen-bond donors (Lipinski definition) is 1. The summed E-state index contributed by atoms with van der Waals surface area (Å²) in [6.45, 7) is 6.76. The fraction of sp³-hybridized carbons (Fsp3) is 0.250. The lowest BCUT2D eigenvalue weighted by atomic mass is 10.1. The van der Waals surface area contributed by atoms with Crippen LogP contribution < -0.4 is 5.32 Å². The van der Waals surface area contributed by atoms with Gasteiger partial charge < -0.3 is 10.1 Å². The quantitative estimate of drug-likeness (QED) is 0.534. The summed E-state index contributed by atoms with van der Waals surface area (Å²) in [4.78, 5) is 0. The highest BCUT2D eigenvalue weighted by Crippen LogP contribution is 2.22. The Morgan fingerprint density at radius 2 is 1.85 bits per heavy atom. The van der Waals surface area contributed by atoms with Crippen LogP contribution in [0.2, 0.25) is 0 Å². The van der Waals surface area contributed by atoms with Crippen molar-refractivity contribution in [1.29, 1.82) is 0 Å². The number of thiophene rings is 1. The second-order valence-electron chi connectivity index (χ2n) is 7.25. The standard InChI is InChI=1S/C20H21N5OS/c1-20(2,3)26-12-14-4-6-16(7-5-14)21-17-8-9-18-22-23-19(25(18)24-17)15-10-11-27-13-15/h4-11,13H,12H2,1-3H3,(H,21,24). The van der Waals surface area contributed by atoms with Gasteiger partial charge in [-0.05, 0) is 62.0 Å². The molecule has 0 fully saturated rings. The van der Waals surface area contributed by atoms with E-state index in [0.29, 0.717) is 6.61 Å². The highest BCUT2D eigenvalue weighted by Gasteiger charge is 2.11. The van der Waals surface area contributed by atoms with Gasteiger partial charge in [0.2, 0.25) is 0 Å². The van der Waals surface area contributed by atoms with Crippen molar-refractivity contribution in [3.05, 3.63) is 58.8 Å². The van der Waals surface area contributed by atoms with E-state index in [2.05, 4.69) is 53.5 Å². The summed E-state index contributed by atoms with van der Waals surface area (Å²) in [7, 11) is 0. The van der Waals surface area contributed by atoms with Crippen LogP contribution in [0.1, 0.15) is 26.3 Å². The molecule has 0 saturated heterocycles. The lowest BCUT2D eigenvalue weighted by molar-refractivity contribution is -0.0149. The summed E-state index contributed by atoms with van der Waals surface area (Å²) < 4.78 is 7.57. The number of rotatable bonds is 5. The largest absolute Gasteiger partial charge is 0.371 e. The average molecular weight is 379 g/mol. The molecule has 0 saturated carbocycles. The van der Waals surface area contributed by atoms with E-state index in [1.165, 1.54) is 0 Å². The summed E-state index contributed by atoms with van der Waals surface area (Å²) in [5, 5.41) is 20.5. The molecule has 0 aliphatic carbocycles. The summed E-state index contributed by atoms with van der Waals surface area (Å²) >= 11 is 1.63. The Morgan fingerprint density at radius 3 is 2.56 bits per heavy atom. The van der Waals surface area contributed by atoms with E-state index < -0.39 is 0 Å². The Hall–Kier alpha value is -2.77. The van der Waals surface area contributed by atoms with Crippen molar-refractivity contribution in [2.75, 3.05) is 5.32 Å². The number of nitrogens with zero attached hydrogens (tertiary/aromatic N) is 4. The molecule has 0 amide bonds. The number of benzene rings is 1. The van der Waals surface area contributed by atoms with Crippen molar-refractivity contribution in [2.24, 2.45) is 0 Å². The molecule has 0 unspecified atom stereocenters. The van der Waals surface area contributed by atoms with E-state index in [4.69, 9.17) is 4.74 Å². The molecule has 0 atom stereocenters. The van der Waals surface area contributed by atoms with Gasteiger partial charge in [-0.15, -0.1) is 15.3 Å². The molecule has 3 heterocycles. The highest BCUT2D eigenvalue weighted by atomic mass is 32.1. The van der Waals surface area contributed by atoms with E-state index >= 15 is 0 Å². The molecule has 1 N–H and O–H groups in total. The smallest absolute Gasteiger partial charge is 0.186 e. The number of nitrogens with one attached hydrogen (secondary N) is 1. The average Bonchev–Trinajstić information content (AvgIpc) is 3.29. The molecule has 138 valence electrons. The van der Waals surface area contributed by atoms with Gasteiger partial charge in [0, 0.05) is 16.6 Å². The third-order valence-electron chi connectivity index (χ3n) is 3.94. The van der Waals surface area contributed by atoms with Crippen LogP contribution in [0, 0.1) is 0 Å². The molecule has 0 radical (unpaired) electrons. The van der Waals surface area contributed by atoms with Gasteiger partial charge in [-0.1, -0.05) is 12.1 Å². The second-order valence-corrected chi connectivity index (χ2v) is 8.03. The van der Waals surface area contributed by atoms with Crippen molar-refractivity contribution < 1.29 is 4.74 Å². The lowest BCUT2D eigenvalue weighted by Gasteiger charge is -2.19. The van der Waals surface area contributed by atoms with Gasteiger partial charge >= 0.3 is 0 Å². The van der Waals surface area contributed by atoms with Gasteiger partial charge in [-0.2, -0.15) is 15.9 Å². The topological polar surface area (TPSA) is 64.3 Å². The van der Waals surface area contributed by atoms with Crippen molar-refractivity contribution >= 4 is 28.5 Å². The molecule has 1 aromatic carbocycles. The molecule has 0 aliphatic rings. The van der Waals surface area contributed by atoms with Crippen molar-refractivity contribution in [3.63, 3.8) is 0 Å². The summed E-state index contributed by atoms with van der Waals surface area (Å²) in [5.41, 5.74) is 3.69. The monoisotopic (exact) mass is 379 g/mol. The SMILES string of the molecule is CC(C)(C)OCc1ccc(Nc2ccc3nnc(-c4ccsc4)n3n2)cc1. The normalized spacial score (nSPS) is 11.8. The predicted molar refractivity (Wildman–Crippen MR) is 108 cm³/mol. The fourth-order valence-electron chi connectivity index (χ4n) is 2.56. The van der Waals surface area contributed by atoms with E-state index in [1.54, 1.807) is 15.9 Å². The van der Waals surface area contributed by atoms with Crippen LogP contribution in [0.15, 0.2) is 53.2 Å². The van der Waals surface area contributed by atoms with E-state index in [-0.39, 0.29) is 5.60 Å². The van der Waals surface area contributed by atoms with Crippen molar-refractivity contribution in [1.82, 2.24) is 19.8 Å². The van der Waals surface area contributed by atoms with Crippen LogP contribution in [0.4, 0.5) is 11.5 Å². The Labute approximate surface area is 161 Å². The third kappa shape index (κ3) is 4.15. The zero-order chi connectivity index (χ0) is 18.9. The molecule has 3 aromatic heterocycles. The maximum absolute atomic E-state index is 5.81. The Bertz CT molecular complexity index is 1030. The minimum Gasteiger partial charge on any atom is -0.371 e. The molecule has 4 rings (SSSR count). The van der Waals surface area contributed by atoms with E-state index in [0.717, 1.165) is 34.1 Å². The maximum Gasteiger partial charge on any atom is 0.186 e. The Morgan fingerprint density at radius 1 is 1.04 bits per heavy atom. The molecule has 0 bridgehead atoms. The van der Waals surface area contributed by atoms with Crippen LogP contribution in [0.5, 0.6) is 0 Å². The fourth-order valence-corrected chi connectivity index (χ4v) is 3.19. The molecule has 6 nitrogen and oxygen atoms in total. The maximum atomic E-state index is 5.81. The molecule has 27 heavy (non-hydrogen) atoms. The minimum absolute atomic E-state index is 0.144. The van der Waals surface area contributed by atoms with Gasteiger partial charge in [0.1, 0.15) is 0 Å². The van der Waals surface area contributed by atoms with Gasteiger partial charge in [-0.3, -0.25) is 0 Å². The van der Waals surface area contributed by atoms with Crippen LogP contribution in [-0.2, 0) is 11.3 Å². The number of anilines is 2. The van der Waals surface area contributed by atoms with Crippen molar-refractivity contribution in [2.45, 2.75) is 33.0 Å². The van der Waals surface area contributed by atoms with Gasteiger partial charge in [0.15, 0.2) is 17.3 Å². The van der Waals surface area contributed by atoms with E-state index in [9.17, 15) is 0 Å². The van der Waals surface area contributed by atoms with E-state index in [1.807, 2.05) is 41.1 Å². The molecular weight excluding hydrogens is 358 g/mol. The predicted octanol–water partition coefficient (Wildman–Crippen LogP) is 4.91. The minimum atomic E-state index is -0.144. The van der Waals surface area contributed by atoms with Crippen molar-refractivity contribution in [3.8, 4) is 11.4 Å². The first-order valence-corrected chi connectivity index (χ1v) is 9.67. The van der Waals surface area contributed by atoms with Gasteiger partial charge in [-0.25, -0.2) is 0 Å². The van der Waals surface area contributed by atoms with Crippen LogP contribution in [-0.4, -0.2) is 25.4 Å². The second kappa shape index (κ2) is 7.09. The zero-order valence-corrected chi connectivity index (χ0v) is 16.3. The summed E-state index contributed by atoms with van der Waals surface area (Å²) in [5.74, 6) is 1.47. The Kier molecular flexibility index (Phi) is 4.63. The van der Waals surface area contributed by atoms with Crippen LogP contribution >= 0.6 is 11.3 Å². The Balaban J connectivity index is 1.52. The first kappa shape index (κ1) is 17.6. The number of hydrogen-bond acceptors (Lipinski definition) is 6. The molecule has 0 aliphatic heterocycles. The molecular formula is C20H21N5OS. The lowest BCUT2D eigenvalue weighted by Crippen LogP contribution is -2.18. The molecule has 0 spiro atoms. The third-order valence-corrected chi connectivity index (χ3v) is 4.62. The molecule has 4 aromatic rings. The summed E-state index contributed by atoms with van der Waals surface area (Å²) in [6.07, 6.45) is 0. The molecule has 7 heteroatoms. The number of fused-ring (bicyclic) bond motifs is 1. The van der Waals surface area contributed by atoms with Gasteiger partial charge in [0.05, 0.1) is 12.2 Å². The van der Waals surface area contributed by atoms with Gasteiger partial charge in [0.25, 0.3) is 0 Å². The van der Waals surface area contributed by atoms with Crippen LogP contribution in [0.3, 0.4) is 0 Å². The first-order chi connectivity index (χ1) is 13.0. The number of ether oxygens (including phenoxy) is 1. The first-order valence-electron chi connectivity index (χ1n) is 8.73. The highest BCUT2D eigenvalue weighted by molar-refractivity contribution is 7.08. The number of aromatic nitrogens is 4. The van der Waals surface area contributed by atoms with Crippen LogP contribution in [0.25, 0.3) is 17.0 Å².